The second-order valence-electron chi connectivity index (χ2n) is 11.6. The van der Waals surface area contributed by atoms with Crippen LogP contribution in [-0.4, -0.2) is 62.4 Å². The lowest BCUT2D eigenvalue weighted by Crippen LogP contribution is -2.47. The number of benzene rings is 3. The largest absolute Gasteiger partial charge is 0.480 e. The molecule has 3 N–H and O–H groups in total. The number of nitrogens with one attached hydrogen (secondary N) is 2. The van der Waals surface area contributed by atoms with E-state index in [4.69, 9.17) is 12.2 Å². The Labute approximate surface area is 273 Å². The Morgan fingerprint density at radius 2 is 1.40 bits per heavy atom. The van der Waals surface area contributed by atoms with E-state index in [1.54, 1.807) is 36.4 Å². The van der Waals surface area contributed by atoms with Gasteiger partial charge in [-0.05, 0) is 75.3 Å². The van der Waals surface area contributed by atoms with Crippen molar-refractivity contribution < 1.29 is 26.7 Å². The van der Waals surface area contributed by atoms with Crippen molar-refractivity contribution in [1.29, 1.82) is 0 Å². The van der Waals surface area contributed by atoms with Crippen LogP contribution in [0, 0.1) is 19.8 Å². The topological polar surface area (TPSA) is 133 Å². The summed E-state index contributed by atoms with van der Waals surface area (Å²) in [7, 11) is -7.91. The third-order valence-electron chi connectivity index (χ3n) is 7.24. The minimum atomic E-state index is -4.05. The Balaban J connectivity index is 1.67. The Morgan fingerprint density at radius 1 is 0.844 bits per heavy atom. The fourth-order valence-electron chi connectivity index (χ4n) is 4.80. The predicted molar refractivity (Wildman–Crippen MR) is 181 cm³/mol. The number of carboxylic acid groups (broad SMARTS) is 1. The lowest BCUT2D eigenvalue weighted by atomic mass is 10.1. The van der Waals surface area contributed by atoms with E-state index in [9.17, 15) is 26.7 Å². The molecular formula is C33H43N3O6S3. The molecule has 0 unspecified atom stereocenters. The first-order valence-electron chi connectivity index (χ1n) is 14.9. The lowest BCUT2D eigenvalue weighted by molar-refractivity contribution is -0.141. The molecular weight excluding hydrogens is 631 g/mol. The van der Waals surface area contributed by atoms with Gasteiger partial charge in [-0.25, -0.2) is 21.6 Å². The van der Waals surface area contributed by atoms with Gasteiger partial charge in [-0.3, -0.25) is 4.79 Å². The summed E-state index contributed by atoms with van der Waals surface area (Å²) in [6.07, 6.45) is 1.34. The smallest absolute Gasteiger partial charge is 0.322 e. The van der Waals surface area contributed by atoms with Crippen molar-refractivity contribution >= 4 is 43.2 Å². The molecule has 0 fully saturated rings. The first-order chi connectivity index (χ1) is 21.2. The number of thiocarbonyl (C=S) groups is 1. The van der Waals surface area contributed by atoms with E-state index < -0.39 is 38.1 Å². The summed E-state index contributed by atoms with van der Waals surface area (Å²) in [6.45, 7) is 7.85. The Bertz CT molecular complexity index is 1630. The summed E-state index contributed by atoms with van der Waals surface area (Å²) < 4.78 is 57.3. The van der Waals surface area contributed by atoms with E-state index in [1.807, 2.05) is 58.0 Å². The zero-order valence-electron chi connectivity index (χ0n) is 26.1. The van der Waals surface area contributed by atoms with Crippen LogP contribution in [0.1, 0.15) is 49.8 Å². The molecule has 0 saturated carbocycles. The van der Waals surface area contributed by atoms with Crippen molar-refractivity contribution in [3.05, 3.63) is 95.6 Å². The van der Waals surface area contributed by atoms with Gasteiger partial charge in [0.2, 0.25) is 20.0 Å². The number of carbonyl (C=O) groups is 1. The number of nitrogens with zero attached hydrogens (tertiary/aromatic N) is 1. The van der Waals surface area contributed by atoms with Crippen molar-refractivity contribution in [3.63, 3.8) is 0 Å². The molecule has 3 rings (SSSR count). The number of unbranched alkanes of at least 4 members (excludes halogenated alkanes) is 1. The van der Waals surface area contributed by atoms with Crippen molar-refractivity contribution in [2.24, 2.45) is 5.92 Å². The summed E-state index contributed by atoms with van der Waals surface area (Å²) in [5, 5.41) is 13.2. The number of hydrogen-bond acceptors (Lipinski definition) is 6. The van der Waals surface area contributed by atoms with E-state index in [-0.39, 0.29) is 28.7 Å². The number of sulfonamides is 2. The van der Waals surface area contributed by atoms with E-state index in [0.29, 0.717) is 30.8 Å². The molecule has 45 heavy (non-hydrogen) atoms. The first kappa shape index (κ1) is 36.3. The van der Waals surface area contributed by atoms with Gasteiger partial charge in [0.1, 0.15) is 6.04 Å². The number of hydrogen-bond donors (Lipinski definition) is 3. The van der Waals surface area contributed by atoms with Crippen molar-refractivity contribution in [2.75, 3.05) is 13.1 Å². The Kier molecular flexibility index (Phi) is 13.2. The van der Waals surface area contributed by atoms with Crippen LogP contribution in [0.3, 0.4) is 0 Å². The predicted octanol–water partition coefficient (Wildman–Crippen LogP) is 5.08. The molecule has 0 heterocycles. The summed E-state index contributed by atoms with van der Waals surface area (Å²) in [5.41, 5.74) is 2.75. The van der Waals surface area contributed by atoms with E-state index in [2.05, 4.69) is 10.0 Å². The zero-order chi connectivity index (χ0) is 33.2. The van der Waals surface area contributed by atoms with E-state index >= 15 is 0 Å². The molecule has 0 spiro atoms. The van der Waals surface area contributed by atoms with Crippen LogP contribution < -0.4 is 10.0 Å². The monoisotopic (exact) mass is 673 g/mol. The molecule has 12 heteroatoms. The number of carboxylic acids is 1. The fourth-order valence-corrected chi connectivity index (χ4v) is 8.10. The lowest BCUT2D eigenvalue weighted by Gasteiger charge is -2.29. The molecule has 3 aromatic carbocycles. The molecule has 0 aliphatic heterocycles. The highest BCUT2D eigenvalue weighted by molar-refractivity contribution is 7.89. The summed E-state index contributed by atoms with van der Waals surface area (Å²) in [6, 6.07) is 20.4. The SMILES string of the molecule is Cc1ccc(S(=O)(=O)N[C@@H](Cc2ccccc2)C(=S)NCCCC[C@@H](C(=O)O)N(CC(C)C)S(=O)(=O)c2ccc(C)cc2)cc1. The van der Waals surface area contributed by atoms with Gasteiger partial charge < -0.3 is 10.4 Å². The average molecular weight is 674 g/mol. The standard InChI is InChI=1S/C33H43N3O6S3/c1-24(2)23-36(45(41,42)29-19-15-26(4)16-20-29)31(33(37)38)12-8-9-21-34-32(43)30(22-27-10-6-5-7-11-27)35-44(39,40)28-17-13-25(3)14-18-28/h5-7,10-11,13-20,24,30-31,35H,8-9,12,21-23H2,1-4H3,(H,34,43)(H,37,38)/t30-,31-/m0/s1. The summed E-state index contributed by atoms with van der Waals surface area (Å²) in [4.78, 5) is 12.9. The highest BCUT2D eigenvalue weighted by Crippen LogP contribution is 2.23. The third kappa shape index (κ3) is 10.7. The van der Waals surface area contributed by atoms with Gasteiger partial charge in [-0.15, -0.1) is 0 Å². The molecule has 0 amide bonds. The molecule has 0 saturated heterocycles. The second kappa shape index (κ2) is 16.4. The van der Waals surface area contributed by atoms with Gasteiger partial charge in [0.15, 0.2) is 0 Å². The maximum atomic E-state index is 13.5. The molecule has 9 nitrogen and oxygen atoms in total. The zero-order valence-corrected chi connectivity index (χ0v) is 28.6. The molecule has 0 aliphatic rings. The number of rotatable bonds is 17. The van der Waals surface area contributed by atoms with Gasteiger partial charge in [0.25, 0.3) is 0 Å². The molecule has 2 atom stereocenters. The van der Waals surface area contributed by atoms with Crippen LogP contribution in [-0.2, 0) is 31.3 Å². The average Bonchev–Trinajstić information content (AvgIpc) is 2.98. The van der Waals surface area contributed by atoms with E-state index in [0.717, 1.165) is 21.0 Å². The maximum absolute atomic E-state index is 13.5. The highest BCUT2D eigenvalue weighted by atomic mass is 32.2. The summed E-state index contributed by atoms with van der Waals surface area (Å²) in [5.74, 6) is -1.29. The van der Waals surface area contributed by atoms with Gasteiger partial charge in [-0.1, -0.05) is 91.8 Å². The van der Waals surface area contributed by atoms with Crippen LogP contribution in [0.25, 0.3) is 0 Å². The van der Waals surface area contributed by atoms with Gasteiger partial charge in [0, 0.05) is 13.1 Å². The minimum absolute atomic E-state index is 0.0598. The van der Waals surface area contributed by atoms with Crippen LogP contribution in [0.5, 0.6) is 0 Å². The third-order valence-corrected chi connectivity index (χ3v) is 11.0. The molecule has 244 valence electrons. The highest BCUT2D eigenvalue weighted by Gasteiger charge is 2.36. The molecule has 0 radical (unpaired) electrons. The molecule has 0 bridgehead atoms. The van der Waals surface area contributed by atoms with Crippen molar-refractivity contribution in [2.45, 2.75) is 75.3 Å². The van der Waals surface area contributed by atoms with Crippen molar-refractivity contribution in [3.8, 4) is 0 Å². The van der Waals surface area contributed by atoms with Gasteiger partial charge in [0.05, 0.1) is 20.8 Å². The minimum Gasteiger partial charge on any atom is -0.480 e. The molecule has 0 aromatic heterocycles. The van der Waals surface area contributed by atoms with E-state index in [1.165, 1.54) is 12.1 Å². The number of aliphatic carboxylic acids is 1. The van der Waals surface area contributed by atoms with Crippen LogP contribution in [0.15, 0.2) is 88.7 Å². The van der Waals surface area contributed by atoms with Crippen molar-refractivity contribution in [1.82, 2.24) is 14.3 Å². The van der Waals surface area contributed by atoms with Crippen LogP contribution in [0.2, 0.25) is 0 Å². The van der Waals surface area contributed by atoms with Crippen LogP contribution in [0.4, 0.5) is 0 Å². The quantitative estimate of drug-likeness (QED) is 0.134. The maximum Gasteiger partial charge on any atom is 0.322 e. The first-order valence-corrected chi connectivity index (χ1v) is 18.3. The van der Waals surface area contributed by atoms with Crippen LogP contribution >= 0.6 is 12.2 Å². The van der Waals surface area contributed by atoms with Gasteiger partial charge in [-0.2, -0.15) is 4.31 Å². The second-order valence-corrected chi connectivity index (χ2v) is 15.6. The Morgan fingerprint density at radius 3 is 1.93 bits per heavy atom. The Hall–Kier alpha value is -3.16. The molecule has 3 aromatic rings. The number of aryl methyl sites for hydroxylation is 2. The fraction of sp³-hybridized carbons (Fsp3) is 0.394. The normalized spacial score (nSPS) is 13.5. The summed E-state index contributed by atoms with van der Waals surface area (Å²) >= 11 is 5.64. The molecule has 0 aliphatic carbocycles. The van der Waals surface area contributed by atoms with Gasteiger partial charge >= 0.3 is 5.97 Å².